The lowest BCUT2D eigenvalue weighted by Crippen LogP contribution is -2.18. The zero-order valence-corrected chi connectivity index (χ0v) is 14.0. The number of nitrogens with one attached hydrogen (secondary N) is 1. The Balaban J connectivity index is 1.74. The summed E-state index contributed by atoms with van der Waals surface area (Å²) in [6.45, 7) is 0.112. The van der Waals surface area contributed by atoms with Gasteiger partial charge in [-0.3, -0.25) is 4.79 Å². The molecule has 124 valence electrons. The highest BCUT2D eigenvalue weighted by molar-refractivity contribution is 7.89. The number of carbonyl (C=O) groups is 1. The largest absolute Gasteiger partial charge is 0.338 e. The zero-order chi connectivity index (χ0) is 17.3. The zero-order valence-electron chi connectivity index (χ0n) is 12.4. The molecule has 0 spiro atoms. The first kappa shape index (κ1) is 16.5. The number of amides is 1. The van der Waals surface area contributed by atoms with Crippen molar-refractivity contribution < 1.29 is 13.2 Å². The Bertz CT molecular complexity index is 1010. The van der Waals surface area contributed by atoms with Crippen LogP contribution < -0.4 is 10.5 Å². The van der Waals surface area contributed by atoms with E-state index in [9.17, 15) is 13.2 Å². The number of halogens is 1. The minimum Gasteiger partial charge on any atom is -0.338 e. The normalized spacial score (nSPS) is 11.6. The van der Waals surface area contributed by atoms with Gasteiger partial charge in [-0.2, -0.15) is 0 Å². The van der Waals surface area contributed by atoms with Crippen LogP contribution >= 0.6 is 11.6 Å². The van der Waals surface area contributed by atoms with Crippen LogP contribution in [0.25, 0.3) is 10.9 Å². The smallest absolute Gasteiger partial charge is 0.244 e. The Kier molecular flexibility index (Phi) is 4.31. The number of fused-ring (bicyclic) bond motifs is 1. The van der Waals surface area contributed by atoms with Crippen molar-refractivity contribution in [1.82, 2.24) is 4.57 Å². The van der Waals surface area contributed by atoms with Gasteiger partial charge < -0.3 is 9.88 Å². The fourth-order valence-corrected chi connectivity index (χ4v) is 3.15. The first-order valence-electron chi connectivity index (χ1n) is 7.01. The number of carbonyl (C=O) groups excluding carboxylic acids is 1. The molecule has 0 fully saturated rings. The second kappa shape index (κ2) is 6.27. The Hall–Kier alpha value is -2.35. The first-order valence-corrected chi connectivity index (χ1v) is 8.93. The van der Waals surface area contributed by atoms with E-state index in [1.54, 1.807) is 16.8 Å². The number of hydrogen-bond donors (Lipinski definition) is 2. The van der Waals surface area contributed by atoms with E-state index in [1.165, 1.54) is 24.3 Å². The summed E-state index contributed by atoms with van der Waals surface area (Å²) in [5.74, 6) is -0.240. The third-order valence-electron chi connectivity index (χ3n) is 3.54. The molecule has 0 aliphatic carbocycles. The first-order chi connectivity index (χ1) is 11.3. The number of sulfonamides is 1. The molecule has 0 aliphatic rings. The lowest BCUT2D eigenvalue weighted by molar-refractivity contribution is -0.116. The van der Waals surface area contributed by atoms with Crippen LogP contribution in [0, 0.1) is 0 Å². The number of rotatable bonds is 4. The van der Waals surface area contributed by atoms with Crippen molar-refractivity contribution in [1.29, 1.82) is 0 Å². The van der Waals surface area contributed by atoms with E-state index in [4.69, 9.17) is 16.7 Å². The Morgan fingerprint density at radius 2 is 1.83 bits per heavy atom. The molecule has 1 heterocycles. The van der Waals surface area contributed by atoms with Crippen LogP contribution in [0.15, 0.2) is 59.6 Å². The molecular weight excluding hydrogens is 350 g/mol. The number of hydrogen-bond acceptors (Lipinski definition) is 3. The topological polar surface area (TPSA) is 94.2 Å². The van der Waals surface area contributed by atoms with Gasteiger partial charge in [0.15, 0.2) is 0 Å². The van der Waals surface area contributed by atoms with Gasteiger partial charge in [0.05, 0.1) is 4.90 Å². The van der Waals surface area contributed by atoms with Crippen molar-refractivity contribution in [3.8, 4) is 0 Å². The lowest BCUT2D eigenvalue weighted by Gasteiger charge is -2.08. The molecular formula is C16H14ClN3O3S. The van der Waals surface area contributed by atoms with Gasteiger partial charge in [-0.25, -0.2) is 13.6 Å². The lowest BCUT2D eigenvalue weighted by atomic mass is 10.2. The summed E-state index contributed by atoms with van der Waals surface area (Å²) in [5, 5.41) is 9.25. The van der Waals surface area contributed by atoms with Crippen molar-refractivity contribution in [3.63, 3.8) is 0 Å². The maximum Gasteiger partial charge on any atom is 0.244 e. The van der Waals surface area contributed by atoms with Crippen LogP contribution in [-0.2, 0) is 21.4 Å². The third-order valence-corrected chi connectivity index (χ3v) is 4.80. The van der Waals surface area contributed by atoms with E-state index in [1.807, 2.05) is 18.2 Å². The Morgan fingerprint density at radius 3 is 2.50 bits per heavy atom. The molecule has 1 aromatic heterocycles. The van der Waals surface area contributed by atoms with E-state index < -0.39 is 10.0 Å². The van der Waals surface area contributed by atoms with Gasteiger partial charge in [0, 0.05) is 27.8 Å². The molecule has 1 amide bonds. The minimum absolute atomic E-state index is 0.00783. The molecule has 3 rings (SSSR count). The molecule has 0 aliphatic heterocycles. The highest BCUT2D eigenvalue weighted by atomic mass is 35.5. The molecule has 8 heteroatoms. The molecule has 0 radical (unpaired) electrons. The van der Waals surface area contributed by atoms with Crippen molar-refractivity contribution in [2.75, 3.05) is 5.32 Å². The number of nitrogens with zero attached hydrogens (tertiary/aromatic N) is 1. The summed E-state index contributed by atoms with van der Waals surface area (Å²) >= 11 is 6.12. The van der Waals surface area contributed by atoms with Crippen molar-refractivity contribution >= 4 is 44.1 Å². The fourth-order valence-electron chi connectivity index (χ4n) is 2.41. The molecule has 0 atom stereocenters. The van der Waals surface area contributed by atoms with E-state index >= 15 is 0 Å². The SMILES string of the molecule is NS(=O)(=O)c1ccc(NC(=O)Cn2ccc3c(Cl)cccc32)cc1. The summed E-state index contributed by atoms with van der Waals surface area (Å²) in [7, 11) is -3.75. The molecule has 3 aromatic rings. The molecule has 24 heavy (non-hydrogen) atoms. The van der Waals surface area contributed by atoms with Gasteiger partial charge in [-0.15, -0.1) is 0 Å². The third kappa shape index (κ3) is 3.43. The Labute approximate surface area is 143 Å². The average molecular weight is 364 g/mol. The van der Waals surface area contributed by atoms with Crippen LogP contribution in [-0.4, -0.2) is 18.9 Å². The average Bonchev–Trinajstić information content (AvgIpc) is 2.91. The van der Waals surface area contributed by atoms with Gasteiger partial charge in [0.1, 0.15) is 6.54 Å². The van der Waals surface area contributed by atoms with Crippen LogP contribution in [0.2, 0.25) is 5.02 Å². The molecule has 6 nitrogen and oxygen atoms in total. The number of primary sulfonamides is 1. The fraction of sp³-hybridized carbons (Fsp3) is 0.0625. The van der Waals surface area contributed by atoms with E-state index in [0.717, 1.165) is 10.9 Å². The maximum absolute atomic E-state index is 12.2. The highest BCUT2D eigenvalue weighted by Crippen LogP contribution is 2.24. The summed E-state index contributed by atoms with van der Waals surface area (Å²) in [5.41, 5.74) is 1.35. The van der Waals surface area contributed by atoms with Crippen molar-refractivity contribution in [3.05, 3.63) is 59.8 Å². The number of benzene rings is 2. The number of anilines is 1. The summed E-state index contributed by atoms with van der Waals surface area (Å²) < 4.78 is 24.2. The maximum atomic E-state index is 12.2. The summed E-state index contributed by atoms with van der Waals surface area (Å²) in [6, 6.07) is 13.0. The highest BCUT2D eigenvalue weighted by Gasteiger charge is 2.10. The monoisotopic (exact) mass is 363 g/mol. The van der Waals surface area contributed by atoms with Gasteiger partial charge >= 0.3 is 0 Å². The second-order valence-corrected chi connectivity index (χ2v) is 7.20. The summed E-state index contributed by atoms with van der Waals surface area (Å²) in [6.07, 6.45) is 1.79. The number of nitrogens with two attached hydrogens (primary N) is 1. The van der Waals surface area contributed by atoms with Crippen LogP contribution in [0.3, 0.4) is 0 Å². The van der Waals surface area contributed by atoms with Gasteiger partial charge in [-0.05, 0) is 42.5 Å². The van der Waals surface area contributed by atoms with Gasteiger partial charge in [-0.1, -0.05) is 17.7 Å². The van der Waals surface area contributed by atoms with E-state index in [2.05, 4.69) is 5.32 Å². The second-order valence-electron chi connectivity index (χ2n) is 5.23. The predicted molar refractivity (Wildman–Crippen MR) is 93.4 cm³/mol. The molecule has 2 aromatic carbocycles. The van der Waals surface area contributed by atoms with Crippen LogP contribution in [0.1, 0.15) is 0 Å². The molecule has 3 N–H and O–H groups in total. The molecule has 0 unspecified atom stereocenters. The van der Waals surface area contributed by atoms with Crippen LogP contribution in [0.4, 0.5) is 5.69 Å². The van der Waals surface area contributed by atoms with Gasteiger partial charge in [0.2, 0.25) is 15.9 Å². The molecule has 0 bridgehead atoms. The summed E-state index contributed by atoms with van der Waals surface area (Å²) in [4.78, 5) is 12.2. The Morgan fingerprint density at radius 1 is 1.12 bits per heavy atom. The van der Waals surface area contributed by atoms with E-state index in [0.29, 0.717) is 10.7 Å². The predicted octanol–water partition coefficient (Wildman–Crippen LogP) is 2.58. The minimum atomic E-state index is -3.75. The molecule has 0 saturated heterocycles. The van der Waals surface area contributed by atoms with Gasteiger partial charge in [0.25, 0.3) is 0 Å². The quantitative estimate of drug-likeness (QED) is 0.745. The standard InChI is InChI=1S/C16H14ClN3O3S/c17-14-2-1-3-15-13(14)8-9-20(15)10-16(21)19-11-4-6-12(7-5-11)24(18,22)23/h1-9H,10H2,(H,19,21)(H2,18,22,23). The van der Waals surface area contributed by atoms with Crippen molar-refractivity contribution in [2.24, 2.45) is 5.14 Å². The van der Waals surface area contributed by atoms with Crippen LogP contribution in [0.5, 0.6) is 0 Å². The number of aromatic nitrogens is 1. The van der Waals surface area contributed by atoms with Crippen molar-refractivity contribution in [2.45, 2.75) is 11.4 Å². The van der Waals surface area contributed by atoms with E-state index in [-0.39, 0.29) is 17.3 Å². The molecule has 0 saturated carbocycles.